The maximum atomic E-state index is 13.6. The van der Waals surface area contributed by atoms with E-state index in [1.54, 1.807) is 23.4 Å². The highest BCUT2D eigenvalue weighted by Gasteiger charge is 2.30. The van der Waals surface area contributed by atoms with Crippen LogP contribution in [0.3, 0.4) is 0 Å². The van der Waals surface area contributed by atoms with Crippen LogP contribution < -0.4 is 10.6 Å². The second-order valence-electron chi connectivity index (χ2n) is 9.08. The zero-order valence-corrected chi connectivity index (χ0v) is 19.8. The Kier molecular flexibility index (Phi) is 6.93. The van der Waals surface area contributed by atoms with Gasteiger partial charge >= 0.3 is 6.03 Å². The van der Waals surface area contributed by atoms with Crippen molar-refractivity contribution < 1.29 is 14.0 Å². The van der Waals surface area contributed by atoms with Gasteiger partial charge in [0, 0.05) is 25.3 Å². The Labute approximate surface area is 208 Å². The van der Waals surface area contributed by atoms with Crippen LogP contribution in [0, 0.1) is 11.7 Å². The fraction of sp³-hybridized carbons (Fsp3) is 0.250. The number of fused-ring (bicyclic) bond motifs is 1. The predicted octanol–water partition coefficient (Wildman–Crippen LogP) is 4.98. The zero-order valence-electron chi connectivity index (χ0n) is 19.8. The van der Waals surface area contributed by atoms with Gasteiger partial charge in [-0.25, -0.2) is 14.2 Å². The Balaban J connectivity index is 1.30. The van der Waals surface area contributed by atoms with Crippen LogP contribution >= 0.6 is 0 Å². The molecule has 4 aromatic rings. The van der Waals surface area contributed by atoms with Gasteiger partial charge in [0.25, 0.3) is 0 Å². The van der Waals surface area contributed by atoms with E-state index >= 15 is 0 Å². The lowest BCUT2D eigenvalue weighted by atomic mass is 9.96. The van der Waals surface area contributed by atoms with Crippen molar-refractivity contribution in [3.63, 3.8) is 0 Å². The first-order valence-electron chi connectivity index (χ1n) is 12.1. The summed E-state index contributed by atoms with van der Waals surface area (Å²) >= 11 is 0. The van der Waals surface area contributed by atoms with Gasteiger partial charge in [-0.05, 0) is 54.8 Å². The molecule has 184 valence electrons. The summed E-state index contributed by atoms with van der Waals surface area (Å²) in [5, 5.41) is 6.07. The van der Waals surface area contributed by atoms with Crippen LogP contribution in [0.25, 0.3) is 11.0 Å². The summed E-state index contributed by atoms with van der Waals surface area (Å²) in [6.45, 7) is 1.39. The lowest BCUT2D eigenvalue weighted by Gasteiger charge is -2.33. The number of piperidine rings is 1. The third-order valence-electron chi connectivity index (χ3n) is 6.60. The number of rotatable bonds is 6. The zero-order chi connectivity index (χ0) is 24.9. The second kappa shape index (κ2) is 10.6. The maximum absolute atomic E-state index is 13.6. The molecule has 3 aromatic carbocycles. The average molecular weight is 486 g/mol. The first-order valence-corrected chi connectivity index (χ1v) is 12.1. The number of likely N-dealkylation sites (tertiary alicyclic amines) is 1. The molecule has 2 N–H and O–H groups in total. The molecule has 1 fully saturated rings. The van der Waals surface area contributed by atoms with Crippen LogP contribution in [0.5, 0.6) is 0 Å². The molecule has 1 aliphatic rings. The number of halogens is 1. The molecule has 0 aliphatic carbocycles. The van der Waals surface area contributed by atoms with Gasteiger partial charge in [0.05, 0.1) is 29.3 Å². The molecule has 2 atom stereocenters. The lowest BCUT2D eigenvalue weighted by Crippen LogP contribution is -2.47. The van der Waals surface area contributed by atoms with Crippen LogP contribution in [0.15, 0.2) is 85.2 Å². The molecule has 1 saturated heterocycles. The number of carbonyl (C=O) groups excluding carboxylic acids is 2. The molecule has 0 spiro atoms. The fourth-order valence-corrected chi connectivity index (χ4v) is 4.67. The van der Waals surface area contributed by atoms with Gasteiger partial charge < -0.3 is 20.1 Å². The van der Waals surface area contributed by atoms with Crippen molar-refractivity contribution in [1.82, 2.24) is 19.8 Å². The lowest BCUT2D eigenvalue weighted by molar-refractivity contribution is -0.127. The summed E-state index contributed by atoms with van der Waals surface area (Å²) < 4.78 is 15.6. The summed E-state index contributed by atoms with van der Waals surface area (Å²) in [5.41, 5.74) is 3.35. The quantitative estimate of drug-likeness (QED) is 0.404. The molecule has 2 heterocycles. The van der Waals surface area contributed by atoms with E-state index in [1.807, 2.05) is 59.2 Å². The third kappa shape index (κ3) is 5.38. The Morgan fingerprint density at radius 1 is 1.00 bits per heavy atom. The summed E-state index contributed by atoms with van der Waals surface area (Å²) in [6.07, 6.45) is 3.20. The van der Waals surface area contributed by atoms with Gasteiger partial charge in [0.15, 0.2) is 0 Å². The van der Waals surface area contributed by atoms with E-state index in [0.717, 1.165) is 28.7 Å². The molecule has 36 heavy (non-hydrogen) atoms. The number of para-hydroxylation sites is 3. The molecule has 0 bridgehead atoms. The van der Waals surface area contributed by atoms with Crippen LogP contribution in [0.2, 0.25) is 0 Å². The standard InChI is InChI=1S/C28H28FN5O2/c29-22-14-12-20(13-15-22)25(18-34-19-30-24-10-4-5-11-26(24)34)32-27(35)21-7-6-16-33(17-21)28(36)31-23-8-2-1-3-9-23/h1-5,8-15,19,21,25H,6-7,16-18H2,(H,31,36)(H,32,35). The molecule has 1 aromatic heterocycles. The number of carbonyl (C=O) groups is 2. The monoisotopic (exact) mass is 485 g/mol. The third-order valence-corrected chi connectivity index (χ3v) is 6.60. The van der Waals surface area contributed by atoms with Crippen molar-refractivity contribution in [2.24, 2.45) is 5.92 Å². The van der Waals surface area contributed by atoms with E-state index in [4.69, 9.17) is 0 Å². The van der Waals surface area contributed by atoms with Crippen LogP contribution in [-0.2, 0) is 11.3 Å². The predicted molar refractivity (Wildman–Crippen MR) is 137 cm³/mol. The van der Waals surface area contributed by atoms with Gasteiger partial charge in [-0.2, -0.15) is 0 Å². The van der Waals surface area contributed by atoms with Crippen LogP contribution in [0.4, 0.5) is 14.9 Å². The minimum Gasteiger partial charge on any atom is -0.347 e. The molecule has 7 nitrogen and oxygen atoms in total. The molecular weight excluding hydrogens is 457 g/mol. The van der Waals surface area contributed by atoms with E-state index < -0.39 is 0 Å². The van der Waals surface area contributed by atoms with Crippen molar-refractivity contribution in [2.75, 3.05) is 18.4 Å². The first kappa shape index (κ1) is 23.5. The van der Waals surface area contributed by atoms with Crippen LogP contribution in [0.1, 0.15) is 24.4 Å². The normalized spacial score (nSPS) is 16.5. The largest absolute Gasteiger partial charge is 0.347 e. The number of amides is 3. The molecular formula is C28H28FN5O2. The number of imidazole rings is 1. The Hall–Kier alpha value is -4.20. The topological polar surface area (TPSA) is 79.3 Å². The molecule has 0 radical (unpaired) electrons. The van der Waals surface area contributed by atoms with Crippen molar-refractivity contribution in [3.05, 3.63) is 96.6 Å². The Morgan fingerprint density at radius 2 is 1.75 bits per heavy atom. The van der Waals surface area contributed by atoms with E-state index in [9.17, 15) is 14.0 Å². The summed E-state index contributed by atoms with van der Waals surface area (Å²) in [6, 6.07) is 22.7. The number of nitrogens with one attached hydrogen (secondary N) is 2. The van der Waals surface area contributed by atoms with Gasteiger partial charge in [-0.3, -0.25) is 4.79 Å². The van der Waals surface area contributed by atoms with Crippen molar-refractivity contribution in [2.45, 2.75) is 25.4 Å². The highest BCUT2D eigenvalue weighted by atomic mass is 19.1. The minimum atomic E-state index is -0.385. The van der Waals surface area contributed by atoms with Crippen molar-refractivity contribution in [1.29, 1.82) is 0 Å². The van der Waals surface area contributed by atoms with Gasteiger partial charge in [0.1, 0.15) is 5.82 Å². The highest BCUT2D eigenvalue weighted by Crippen LogP contribution is 2.23. The van der Waals surface area contributed by atoms with Crippen LogP contribution in [-0.4, -0.2) is 39.5 Å². The molecule has 8 heteroatoms. The van der Waals surface area contributed by atoms with Gasteiger partial charge in [0.2, 0.25) is 5.91 Å². The van der Waals surface area contributed by atoms with Gasteiger partial charge in [-0.1, -0.05) is 42.5 Å². The number of benzene rings is 3. The molecule has 1 aliphatic heterocycles. The second-order valence-corrected chi connectivity index (χ2v) is 9.08. The van der Waals surface area contributed by atoms with Crippen molar-refractivity contribution >= 4 is 28.7 Å². The van der Waals surface area contributed by atoms with E-state index in [0.29, 0.717) is 26.1 Å². The number of anilines is 1. The fourth-order valence-electron chi connectivity index (χ4n) is 4.67. The average Bonchev–Trinajstić information content (AvgIpc) is 3.32. The Morgan fingerprint density at radius 3 is 2.56 bits per heavy atom. The number of nitrogens with zero attached hydrogens (tertiary/aromatic N) is 3. The number of urea groups is 1. The van der Waals surface area contributed by atoms with E-state index in [1.165, 1.54) is 12.1 Å². The summed E-state index contributed by atoms with van der Waals surface area (Å²) in [4.78, 5) is 32.3. The smallest absolute Gasteiger partial charge is 0.321 e. The molecule has 5 rings (SSSR count). The van der Waals surface area contributed by atoms with Crippen molar-refractivity contribution in [3.8, 4) is 0 Å². The number of aromatic nitrogens is 2. The first-order chi connectivity index (χ1) is 17.6. The highest BCUT2D eigenvalue weighted by molar-refractivity contribution is 5.90. The summed E-state index contributed by atoms with van der Waals surface area (Å²) in [5.74, 6) is -0.780. The Bertz CT molecular complexity index is 1340. The number of hydrogen-bond acceptors (Lipinski definition) is 3. The minimum absolute atomic E-state index is 0.119. The molecule has 0 saturated carbocycles. The van der Waals surface area contributed by atoms with E-state index in [-0.39, 0.29) is 29.7 Å². The molecule has 3 amide bonds. The number of hydrogen-bond donors (Lipinski definition) is 2. The maximum Gasteiger partial charge on any atom is 0.321 e. The van der Waals surface area contributed by atoms with E-state index in [2.05, 4.69) is 15.6 Å². The van der Waals surface area contributed by atoms with Gasteiger partial charge in [-0.15, -0.1) is 0 Å². The molecule has 2 unspecified atom stereocenters. The SMILES string of the molecule is O=C(NC(Cn1cnc2ccccc21)c1ccc(F)cc1)C1CCCN(C(=O)Nc2ccccc2)C1. The summed E-state index contributed by atoms with van der Waals surface area (Å²) in [7, 11) is 0.